The molecule has 0 aromatic heterocycles. The second-order valence-electron chi connectivity index (χ2n) is 13.3. The van der Waals surface area contributed by atoms with Crippen LogP contribution in [-0.4, -0.2) is 21.9 Å². The first kappa shape index (κ1) is 35.0. The number of hydrogen-bond donors (Lipinski definition) is 2. The molecule has 0 fully saturated rings. The third-order valence-corrected chi connectivity index (χ3v) is 8.31. The highest BCUT2D eigenvalue weighted by atomic mass is 16.3. The van der Waals surface area contributed by atoms with Crippen LogP contribution in [0.1, 0.15) is 81.6 Å². The SMILES string of the molecule is C=C1C=CCC(C)(C)C1(O)C=CC(C)=CC=CC(C)=CC=CC=C(C)C=CC=C(C)C=CC1=C(C)CC(O)CC1(C)C. The molecule has 42 heavy (non-hydrogen) atoms. The standard InChI is InChI=1S/C40H54O2/c1-30(18-13-20-32(3)23-24-37-34(5)28-36(41)29-38(37,7)8)16-11-12-17-31(2)19-14-21-33(4)25-27-40(42)35(6)22-15-26-39(40,9)10/h11-25,27,36,41-42H,6,26,28-29H2,1-5,7-10H3. The number of allylic oxidation sites excluding steroid dienone is 19. The van der Waals surface area contributed by atoms with Gasteiger partial charge in [-0.15, -0.1) is 0 Å². The number of aliphatic hydroxyl groups is 2. The Morgan fingerprint density at radius 2 is 1.31 bits per heavy atom. The Morgan fingerprint density at radius 3 is 1.83 bits per heavy atom. The molecule has 2 nitrogen and oxygen atoms in total. The molecular weight excluding hydrogens is 512 g/mol. The van der Waals surface area contributed by atoms with E-state index in [1.165, 1.54) is 22.3 Å². The third kappa shape index (κ3) is 10.3. The van der Waals surface area contributed by atoms with E-state index in [4.69, 9.17) is 0 Å². The van der Waals surface area contributed by atoms with Crippen LogP contribution in [0.25, 0.3) is 0 Å². The van der Waals surface area contributed by atoms with Crippen LogP contribution in [0.15, 0.2) is 143 Å². The molecule has 2 unspecified atom stereocenters. The van der Waals surface area contributed by atoms with Crippen LogP contribution in [0.2, 0.25) is 0 Å². The van der Waals surface area contributed by atoms with Crippen molar-refractivity contribution in [1.82, 2.24) is 0 Å². The van der Waals surface area contributed by atoms with Gasteiger partial charge >= 0.3 is 0 Å². The Balaban J connectivity index is 1.92. The Bertz CT molecular complexity index is 1320. The van der Waals surface area contributed by atoms with E-state index in [-0.39, 0.29) is 16.9 Å². The lowest BCUT2D eigenvalue weighted by Gasteiger charge is -2.43. The van der Waals surface area contributed by atoms with Gasteiger partial charge in [-0.25, -0.2) is 0 Å². The Hall–Kier alpha value is -3.20. The topological polar surface area (TPSA) is 40.5 Å². The second-order valence-corrected chi connectivity index (χ2v) is 13.3. The van der Waals surface area contributed by atoms with Gasteiger partial charge in [0.2, 0.25) is 0 Å². The molecule has 0 radical (unpaired) electrons. The molecule has 2 aliphatic rings. The quantitative estimate of drug-likeness (QED) is 0.258. The molecule has 0 aromatic carbocycles. The average molecular weight is 567 g/mol. The van der Waals surface area contributed by atoms with E-state index < -0.39 is 5.60 Å². The summed E-state index contributed by atoms with van der Waals surface area (Å²) in [5.41, 5.74) is 6.62. The molecule has 2 atom stereocenters. The fraction of sp³-hybridized carbons (Fsp3) is 0.400. The normalized spacial score (nSPS) is 26.4. The molecule has 2 heteroatoms. The summed E-state index contributed by atoms with van der Waals surface area (Å²) in [7, 11) is 0. The van der Waals surface area contributed by atoms with Crippen molar-refractivity contribution in [1.29, 1.82) is 0 Å². The Morgan fingerprint density at radius 1 is 0.810 bits per heavy atom. The molecule has 0 aromatic rings. The summed E-state index contributed by atoms with van der Waals surface area (Å²) >= 11 is 0. The first-order valence-corrected chi connectivity index (χ1v) is 15.1. The van der Waals surface area contributed by atoms with Crippen molar-refractivity contribution in [2.24, 2.45) is 10.8 Å². The van der Waals surface area contributed by atoms with Crippen molar-refractivity contribution in [2.45, 2.75) is 93.3 Å². The van der Waals surface area contributed by atoms with Crippen LogP contribution >= 0.6 is 0 Å². The first-order chi connectivity index (χ1) is 19.6. The van der Waals surface area contributed by atoms with Crippen molar-refractivity contribution < 1.29 is 10.2 Å². The number of rotatable bonds is 10. The van der Waals surface area contributed by atoms with Crippen LogP contribution in [0, 0.1) is 10.8 Å². The molecule has 2 aliphatic carbocycles. The first-order valence-electron chi connectivity index (χ1n) is 15.1. The lowest BCUT2D eigenvalue weighted by atomic mass is 9.66. The maximum Gasteiger partial charge on any atom is 0.113 e. The van der Waals surface area contributed by atoms with Gasteiger partial charge in [-0.05, 0) is 76.5 Å². The third-order valence-electron chi connectivity index (χ3n) is 8.31. The molecule has 0 amide bonds. The zero-order chi connectivity index (χ0) is 31.6. The summed E-state index contributed by atoms with van der Waals surface area (Å²) in [5, 5.41) is 21.3. The van der Waals surface area contributed by atoms with E-state index in [0.29, 0.717) is 0 Å². The van der Waals surface area contributed by atoms with Gasteiger partial charge in [0.1, 0.15) is 5.60 Å². The fourth-order valence-corrected chi connectivity index (χ4v) is 5.53. The second kappa shape index (κ2) is 15.3. The lowest BCUT2D eigenvalue weighted by molar-refractivity contribution is 0.00918. The summed E-state index contributed by atoms with van der Waals surface area (Å²) in [6, 6.07) is 0. The van der Waals surface area contributed by atoms with Crippen LogP contribution < -0.4 is 0 Å². The maximum atomic E-state index is 11.2. The average Bonchev–Trinajstić information content (AvgIpc) is 2.87. The fourth-order valence-electron chi connectivity index (χ4n) is 5.53. The van der Waals surface area contributed by atoms with Crippen LogP contribution in [0.3, 0.4) is 0 Å². The van der Waals surface area contributed by atoms with Crippen LogP contribution in [-0.2, 0) is 0 Å². The number of hydrogen-bond acceptors (Lipinski definition) is 2. The molecule has 0 bridgehead atoms. The van der Waals surface area contributed by atoms with E-state index in [1.807, 2.05) is 37.3 Å². The zero-order valence-electron chi connectivity index (χ0n) is 27.5. The van der Waals surface area contributed by atoms with Crippen molar-refractivity contribution >= 4 is 0 Å². The minimum absolute atomic E-state index is 0.000203. The van der Waals surface area contributed by atoms with E-state index in [1.54, 1.807) is 0 Å². The summed E-state index contributed by atoms with van der Waals surface area (Å²) in [6.07, 6.45) is 35.2. The number of aliphatic hydroxyl groups excluding tert-OH is 1. The minimum Gasteiger partial charge on any atom is -0.393 e. The Kier molecular flexibility index (Phi) is 12.8. The van der Waals surface area contributed by atoms with Gasteiger partial charge < -0.3 is 10.2 Å². The van der Waals surface area contributed by atoms with Crippen LogP contribution in [0.5, 0.6) is 0 Å². The van der Waals surface area contributed by atoms with E-state index in [2.05, 4.69) is 129 Å². The minimum atomic E-state index is -1.04. The predicted molar refractivity (Wildman–Crippen MR) is 184 cm³/mol. The van der Waals surface area contributed by atoms with Gasteiger partial charge in [0, 0.05) is 5.41 Å². The highest BCUT2D eigenvalue weighted by Crippen LogP contribution is 2.44. The largest absolute Gasteiger partial charge is 0.393 e. The summed E-state index contributed by atoms with van der Waals surface area (Å²) in [4.78, 5) is 0. The van der Waals surface area contributed by atoms with E-state index >= 15 is 0 Å². The Labute approximate surface area is 256 Å². The van der Waals surface area contributed by atoms with Crippen molar-refractivity contribution in [2.75, 3.05) is 0 Å². The van der Waals surface area contributed by atoms with Gasteiger partial charge in [0.15, 0.2) is 0 Å². The van der Waals surface area contributed by atoms with Crippen LogP contribution in [0.4, 0.5) is 0 Å². The lowest BCUT2D eigenvalue weighted by Crippen LogP contribution is -2.45. The maximum absolute atomic E-state index is 11.2. The summed E-state index contributed by atoms with van der Waals surface area (Å²) in [6.45, 7) is 23.1. The molecule has 226 valence electrons. The highest BCUT2D eigenvalue weighted by Gasteiger charge is 2.43. The van der Waals surface area contributed by atoms with Crippen molar-refractivity contribution in [3.05, 3.63) is 143 Å². The molecule has 0 saturated heterocycles. The van der Waals surface area contributed by atoms with Gasteiger partial charge in [-0.1, -0.05) is 153 Å². The van der Waals surface area contributed by atoms with E-state index in [0.717, 1.165) is 36.0 Å². The van der Waals surface area contributed by atoms with Gasteiger partial charge in [-0.3, -0.25) is 0 Å². The molecule has 0 heterocycles. The molecule has 0 spiro atoms. The van der Waals surface area contributed by atoms with Crippen molar-refractivity contribution in [3.63, 3.8) is 0 Å². The van der Waals surface area contributed by atoms with E-state index in [9.17, 15) is 10.2 Å². The summed E-state index contributed by atoms with van der Waals surface area (Å²) < 4.78 is 0. The predicted octanol–water partition coefficient (Wildman–Crippen LogP) is 10.3. The van der Waals surface area contributed by atoms with Gasteiger partial charge in [-0.2, -0.15) is 0 Å². The molecular formula is C40H54O2. The highest BCUT2D eigenvalue weighted by molar-refractivity contribution is 5.41. The molecule has 0 aliphatic heterocycles. The van der Waals surface area contributed by atoms with Gasteiger partial charge in [0.25, 0.3) is 0 Å². The zero-order valence-corrected chi connectivity index (χ0v) is 27.5. The van der Waals surface area contributed by atoms with Crippen molar-refractivity contribution in [3.8, 4) is 0 Å². The molecule has 2 N–H and O–H groups in total. The summed E-state index contributed by atoms with van der Waals surface area (Å²) in [5.74, 6) is 0. The monoisotopic (exact) mass is 566 g/mol. The van der Waals surface area contributed by atoms with Gasteiger partial charge in [0.05, 0.1) is 6.10 Å². The molecule has 2 rings (SSSR count). The molecule has 0 saturated carbocycles. The smallest absolute Gasteiger partial charge is 0.113 e.